The Morgan fingerprint density at radius 2 is 1.63 bits per heavy atom. The lowest BCUT2D eigenvalue weighted by Crippen LogP contribution is -2.47. The second-order valence-electron chi connectivity index (χ2n) is 7.40. The molecule has 4 heterocycles. The van der Waals surface area contributed by atoms with Crippen molar-refractivity contribution in [3.63, 3.8) is 0 Å². The first-order chi connectivity index (χ1) is 13.2. The summed E-state index contributed by atoms with van der Waals surface area (Å²) in [7, 11) is 1.93. The number of fused-ring (bicyclic) bond motifs is 2. The van der Waals surface area contributed by atoms with Crippen molar-refractivity contribution in [2.45, 2.75) is 32.6 Å². The summed E-state index contributed by atoms with van der Waals surface area (Å²) in [6.45, 7) is 5.65. The van der Waals surface area contributed by atoms with Gasteiger partial charge in [0, 0.05) is 44.5 Å². The predicted octanol–water partition coefficient (Wildman–Crippen LogP) is 1.67. The van der Waals surface area contributed by atoms with E-state index in [2.05, 4.69) is 29.9 Å². The summed E-state index contributed by atoms with van der Waals surface area (Å²) in [4.78, 5) is 23.2. The maximum absolute atomic E-state index is 4.72. The molecule has 5 rings (SSSR count). The van der Waals surface area contributed by atoms with Gasteiger partial charge in [0.2, 0.25) is 0 Å². The topological polar surface area (TPSA) is 75.9 Å². The zero-order valence-electron chi connectivity index (χ0n) is 15.9. The summed E-state index contributed by atoms with van der Waals surface area (Å²) >= 11 is 0. The third-order valence-electron chi connectivity index (χ3n) is 5.66. The highest BCUT2D eigenvalue weighted by molar-refractivity contribution is 5.87. The van der Waals surface area contributed by atoms with Crippen LogP contribution in [0.3, 0.4) is 0 Å². The average Bonchev–Trinajstić information content (AvgIpc) is 3.08. The summed E-state index contributed by atoms with van der Waals surface area (Å²) in [5.41, 5.74) is 3.51. The molecule has 3 aromatic rings. The fourth-order valence-electron chi connectivity index (χ4n) is 4.26. The number of aryl methyl sites for hydroxylation is 3. The van der Waals surface area contributed by atoms with Gasteiger partial charge in [-0.2, -0.15) is 5.10 Å². The highest BCUT2D eigenvalue weighted by atomic mass is 15.3. The second kappa shape index (κ2) is 6.44. The van der Waals surface area contributed by atoms with Gasteiger partial charge in [0.25, 0.3) is 0 Å². The van der Waals surface area contributed by atoms with Gasteiger partial charge in [0.1, 0.15) is 23.8 Å². The Hall–Kier alpha value is -2.77. The lowest BCUT2D eigenvalue weighted by Gasteiger charge is -2.37. The summed E-state index contributed by atoms with van der Waals surface area (Å²) in [6.07, 6.45) is 8.28. The molecule has 0 saturated carbocycles. The molecule has 1 aliphatic heterocycles. The Labute approximate surface area is 158 Å². The van der Waals surface area contributed by atoms with Crippen LogP contribution in [0.1, 0.15) is 29.9 Å². The van der Waals surface area contributed by atoms with Crippen molar-refractivity contribution >= 4 is 22.7 Å². The standard InChI is InChI=1S/C19H24N8/c1-13-23-18-15(11-22-25(18)2)19(24-13)27-9-7-26(8-10-27)17-14-5-3-4-6-16(14)20-12-21-17/h11-12H,3-10H2,1-2H3. The lowest BCUT2D eigenvalue weighted by atomic mass is 9.96. The van der Waals surface area contributed by atoms with E-state index in [1.807, 2.05) is 24.9 Å². The molecule has 0 spiro atoms. The first-order valence-electron chi connectivity index (χ1n) is 9.69. The third-order valence-corrected chi connectivity index (χ3v) is 5.66. The molecular weight excluding hydrogens is 340 g/mol. The zero-order chi connectivity index (χ0) is 18.4. The maximum atomic E-state index is 4.72. The van der Waals surface area contributed by atoms with Crippen molar-refractivity contribution in [3.05, 3.63) is 29.6 Å². The summed E-state index contributed by atoms with van der Waals surface area (Å²) in [6, 6.07) is 0. The number of anilines is 2. The third kappa shape index (κ3) is 2.79. The van der Waals surface area contributed by atoms with Gasteiger partial charge in [0.15, 0.2) is 5.65 Å². The fourth-order valence-corrected chi connectivity index (χ4v) is 4.26. The monoisotopic (exact) mass is 364 g/mol. The van der Waals surface area contributed by atoms with Gasteiger partial charge in [-0.3, -0.25) is 4.68 Å². The smallest absolute Gasteiger partial charge is 0.163 e. The van der Waals surface area contributed by atoms with Gasteiger partial charge in [-0.25, -0.2) is 19.9 Å². The molecule has 140 valence electrons. The Kier molecular flexibility index (Phi) is 3.91. The number of nitrogens with zero attached hydrogens (tertiary/aromatic N) is 8. The van der Waals surface area contributed by atoms with Crippen LogP contribution in [-0.4, -0.2) is 55.9 Å². The molecule has 1 aliphatic carbocycles. The molecule has 1 fully saturated rings. The minimum absolute atomic E-state index is 0.786. The highest BCUT2D eigenvalue weighted by Crippen LogP contribution is 2.29. The van der Waals surface area contributed by atoms with Crippen LogP contribution in [0.2, 0.25) is 0 Å². The lowest BCUT2D eigenvalue weighted by molar-refractivity contribution is 0.620. The number of aromatic nitrogens is 6. The molecule has 0 amide bonds. The van der Waals surface area contributed by atoms with Gasteiger partial charge in [0.05, 0.1) is 11.6 Å². The van der Waals surface area contributed by atoms with Crippen LogP contribution in [0.4, 0.5) is 11.6 Å². The Balaban J connectivity index is 1.40. The number of piperazine rings is 1. The molecule has 0 N–H and O–H groups in total. The first kappa shape index (κ1) is 16.4. The van der Waals surface area contributed by atoms with Crippen molar-refractivity contribution in [1.29, 1.82) is 0 Å². The molecule has 8 nitrogen and oxygen atoms in total. The van der Waals surface area contributed by atoms with E-state index in [-0.39, 0.29) is 0 Å². The van der Waals surface area contributed by atoms with Gasteiger partial charge >= 0.3 is 0 Å². The van der Waals surface area contributed by atoms with Crippen molar-refractivity contribution in [3.8, 4) is 0 Å². The minimum atomic E-state index is 0.786. The van der Waals surface area contributed by atoms with Gasteiger partial charge in [-0.15, -0.1) is 0 Å². The SMILES string of the molecule is Cc1nc(N2CCN(c3ncnc4c3CCCC4)CC2)c2cnn(C)c2n1. The first-order valence-corrected chi connectivity index (χ1v) is 9.69. The number of rotatable bonds is 2. The van der Waals surface area contributed by atoms with Crippen LogP contribution in [-0.2, 0) is 19.9 Å². The van der Waals surface area contributed by atoms with Crippen LogP contribution in [0.5, 0.6) is 0 Å². The molecular formula is C19H24N8. The normalized spacial score (nSPS) is 17.4. The molecule has 0 radical (unpaired) electrons. The number of hydrogen-bond donors (Lipinski definition) is 0. The molecule has 0 bridgehead atoms. The molecule has 27 heavy (non-hydrogen) atoms. The summed E-state index contributed by atoms with van der Waals surface area (Å²) in [5.74, 6) is 2.92. The average molecular weight is 364 g/mol. The molecule has 3 aromatic heterocycles. The van der Waals surface area contributed by atoms with E-state index in [0.29, 0.717) is 0 Å². The van der Waals surface area contributed by atoms with Crippen molar-refractivity contribution in [2.75, 3.05) is 36.0 Å². The van der Waals surface area contributed by atoms with E-state index in [0.717, 1.165) is 67.5 Å². The molecule has 1 saturated heterocycles. The molecule has 8 heteroatoms. The quantitative estimate of drug-likeness (QED) is 0.684. The largest absolute Gasteiger partial charge is 0.353 e. The maximum Gasteiger partial charge on any atom is 0.163 e. The molecule has 0 aromatic carbocycles. The van der Waals surface area contributed by atoms with E-state index in [9.17, 15) is 0 Å². The predicted molar refractivity (Wildman–Crippen MR) is 104 cm³/mol. The van der Waals surface area contributed by atoms with Gasteiger partial charge < -0.3 is 9.80 Å². The highest BCUT2D eigenvalue weighted by Gasteiger charge is 2.25. The number of hydrogen-bond acceptors (Lipinski definition) is 7. The van der Waals surface area contributed by atoms with E-state index in [4.69, 9.17) is 4.98 Å². The van der Waals surface area contributed by atoms with Crippen LogP contribution in [0.25, 0.3) is 11.0 Å². The molecule has 2 aliphatic rings. The summed E-state index contributed by atoms with van der Waals surface area (Å²) in [5, 5.41) is 5.39. The van der Waals surface area contributed by atoms with Crippen molar-refractivity contribution in [1.82, 2.24) is 29.7 Å². The fraction of sp³-hybridized carbons (Fsp3) is 0.526. The Morgan fingerprint density at radius 1 is 0.889 bits per heavy atom. The van der Waals surface area contributed by atoms with Crippen LogP contribution in [0, 0.1) is 6.92 Å². The Bertz CT molecular complexity index is 987. The van der Waals surface area contributed by atoms with E-state index < -0.39 is 0 Å². The van der Waals surface area contributed by atoms with E-state index in [1.54, 1.807) is 6.33 Å². The van der Waals surface area contributed by atoms with E-state index in [1.165, 1.54) is 24.1 Å². The summed E-state index contributed by atoms with van der Waals surface area (Å²) < 4.78 is 1.82. The Morgan fingerprint density at radius 3 is 2.44 bits per heavy atom. The van der Waals surface area contributed by atoms with Gasteiger partial charge in [-0.05, 0) is 32.6 Å². The molecule has 0 unspecified atom stereocenters. The second-order valence-corrected chi connectivity index (χ2v) is 7.40. The van der Waals surface area contributed by atoms with Crippen LogP contribution in [0.15, 0.2) is 12.5 Å². The van der Waals surface area contributed by atoms with Crippen molar-refractivity contribution in [2.24, 2.45) is 7.05 Å². The van der Waals surface area contributed by atoms with Crippen LogP contribution >= 0.6 is 0 Å². The minimum Gasteiger partial charge on any atom is -0.353 e. The zero-order valence-corrected chi connectivity index (χ0v) is 15.9. The molecule has 0 atom stereocenters. The van der Waals surface area contributed by atoms with Crippen molar-refractivity contribution < 1.29 is 0 Å². The van der Waals surface area contributed by atoms with Crippen LogP contribution < -0.4 is 9.80 Å². The van der Waals surface area contributed by atoms with E-state index >= 15 is 0 Å². The van der Waals surface area contributed by atoms with Gasteiger partial charge in [-0.1, -0.05) is 0 Å².